The fraction of sp³-hybridized carbons (Fsp3) is 0.172. The van der Waals surface area contributed by atoms with Crippen molar-refractivity contribution < 1.29 is 23.2 Å². The number of hydrogen-bond acceptors (Lipinski definition) is 5. The van der Waals surface area contributed by atoms with Crippen molar-refractivity contribution >= 4 is 56.0 Å². The molecule has 4 heterocycles. The van der Waals surface area contributed by atoms with Gasteiger partial charge in [-0.3, -0.25) is 5.32 Å². The van der Waals surface area contributed by atoms with Crippen LogP contribution in [-0.4, -0.2) is 16.3 Å². The molecule has 2 aromatic heterocycles. The first-order valence-corrected chi connectivity index (χ1v) is 13.9. The Balaban J connectivity index is 1.16. The maximum Gasteiger partial charge on any atom is 0.412 e. The van der Waals surface area contributed by atoms with Crippen LogP contribution >= 0.6 is 22.1 Å². The van der Waals surface area contributed by atoms with Crippen molar-refractivity contribution in [1.82, 2.24) is 0 Å². The number of ether oxygens (including phenoxy) is 1. The van der Waals surface area contributed by atoms with Gasteiger partial charge in [0.1, 0.15) is 22.4 Å². The molecule has 1 amide bonds. The summed E-state index contributed by atoms with van der Waals surface area (Å²) in [5.74, 6) is 6.60. The van der Waals surface area contributed by atoms with Crippen LogP contribution in [0.5, 0.6) is 5.06 Å². The zero-order chi connectivity index (χ0) is 25.1. The number of aliphatic hydroxyl groups excluding tert-OH is 1. The molecule has 7 rings (SSSR count). The van der Waals surface area contributed by atoms with Gasteiger partial charge in [0.05, 0.1) is 21.1 Å². The van der Waals surface area contributed by atoms with E-state index in [2.05, 4.69) is 23.2 Å². The molecule has 1 aliphatic carbocycles. The number of benzene rings is 2. The maximum atomic E-state index is 12.8. The van der Waals surface area contributed by atoms with Crippen molar-refractivity contribution in [2.24, 2.45) is 5.41 Å². The predicted octanol–water partition coefficient (Wildman–Crippen LogP) is 7.60. The molecular weight excluding hydrogens is 506 g/mol. The third kappa shape index (κ3) is 3.70. The maximum absolute atomic E-state index is 12.8. The van der Waals surface area contributed by atoms with Crippen molar-refractivity contribution in [2.75, 3.05) is 5.32 Å². The molecule has 1 fully saturated rings. The van der Waals surface area contributed by atoms with E-state index in [1.165, 1.54) is 16.2 Å². The smallest absolute Gasteiger partial charge is 0.412 e. The van der Waals surface area contributed by atoms with Gasteiger partial charge in [-0.15, -0.1) is 0 Å². The number of furan rings is 1. The number of rotatable bonds is 3. The summed E-state index contributed by atoms with van der Waals surface area (Å²) < 4.78 is 17.7. The molecule has 2 N–H and O–H groups in total. The highest BCUT2D eigenvalue weighted by atomic mass is 32.2. The molecular formula is C29H21NO5S2. The standard InChI is InChI=1S/C29H21NO5S2/c1-17(18-7-3-2-4-8-18)33-28(32)30-25-21-9-5-6-10-22(21)34-23(25)12-11-20-15-19-16-24-29(13-14-29)27(31)37(24)35-26(19)36-20/h2-10,15-17,31H,13-14H2,1H3,(H,30,32). The third-order valence-electron chi connectivity index (χ3n) is 6.85. The monoisotopic (exact) mass is 527 g/mol. The largest absolute Gasteiger partial charge is 0.445 e. The van der Waals surface area contributed by atoms with E-state index in [-0.39, 0.29) is 5.41 Å². The molecule has 0 saturated heterocycles. The van der Waals surface area contributed by atoms with Crippen molar-refractivity contribution in [1.29, 1.82) is 0 Å². The summed E-state index contributed by atoms with van der Waals surface area (Å²) in [4.78, 5) is 14.8. The van der Waals surface area contributed by atoms with Crippen LogP contribution in [0.4, 0.5) is 10.5 Å². The molecule has 2 aliphatic heterocycles. The Kier molecular flexibility index (Phi) is 5.08. The second-order valence-corrected chi connectivity index (χ2v) is 11.8. The van der Waals surface area contributed by atoms with Gasteiger partial charge in [0.2, 0.25) is 5.76 Å². The van der Waals surface area contributed by atoms with Crippen LogP contribution in [0.25, 0.3) is 17.0 Å². The molecule has 3 aliphatic rings. The Morgan fingerprint density at radius 1 is 1.16 bits per heavy atom. The number of nitrogens with one attached hydrogen (secondary N) is 1. The summed E-state index contributed by atoms with van der Waals surface area (Å²) in [5, 5.41) is 15.2. The number of fused-ring (bicyclic) bond motifs is 4. The summed E-state index contributed by atoms with van der Waals surface area (Å²) in [6, 6.07) is 19.0. The van der Waals surface area contributed by atoms with E-state index in [0.717, 1.165) is 39.3 Å². The van der Waals surface area contributed by atoms with Crippen molar-refractivity contribution in [3.8, 4) is 16.9 Å². The van der Waals surface area contributed by atoms with Crippen LogP contribution in [0.3, 0.4) is 0 Å². The van der Waals surface area contributed by atoms with E-state index in [4.69, 9.17) is 13.3 Å². The third-order valence-corrected chi connectivity index (χ3v) is 9.88. The zero-order valence-electron chi connectivity index (χ0n) is 19.7. The van der Waals surface area contributed by atoms with Gasteiger partial charge < -0.3 is 18.4 Å². The van der Waals surface area contributed by atoms with Gasteiger partial charge >= 0.3 is 6.09 Å². The van der Waals surface area contributed by atoms with E-state index in [0.29, 0.717) is 22.1 Å². The number of amides is 1. The van der Waals surface area contributed by atoms with Gasteiger partial charge in [-0.05, 0) is 61.4 Å². The van der Waals surface area contributed by atoms with Crippen LogP contribution in [0, 0.1) is 17.3 Å². The van der Waals surface area contributed by atoms with E-state index in [1.54, 1.807) is 0 Å². The lowest BCUT2D eigenvalue weighted by Gasteiger charge is -2.35. The molecule has 37 heavy (non-hydrogen) atoms. The fourth-order valence-corrected chi connectivity index (χ4v) is 7.77. The Hall–Kier alpha value is -3.77. The Morgan fingerprint density at radius 3 is 2.76 bits per heavy atom. The molecule has 0 bridgehead atoms. The number of carbonyl (C=O) groups is 1. The van der Waals surface area contributed by atoms with Crippen LogP contribution < -0.4 is 9.50 Å². The molecule has 4 aromatic rings. The zero-order valence-corrected chi connectivity index (χ0v) is 21.4. The molecule has 0 radical (unpaired) electrons. The number of para-hydroxylation sites is 1. The molecule has 1 spiro atoms. The second-order valence-electron chi connectivity index (χ2n) is 9.24. The summed E-state index contributed by atoms with van der Waals surface area (Å²) in [6.07, 6.45) is 3.15. The van der Waals surface area contributed by atoms with Crippen LogP contribution in [0.15, 0.2) is 70.0 Å². The summed E-state index contributed by atoms with van der Waals surface area (Å²) >= 11 is 1.44. The molecule has 2 unspecified atom stereocenters. The first-order valence-electron chi connectivity index (χ1n) is 11.9. The number of anilines is 1. The Morgan fingerprint density at radius 2 is 1.95 bits per heavy atom. The quantitative estimate of drug-likeness (QED) is 0.212. The van der Waals surface area contributed by atoms with E-state index >= 15 is 0 Å². The fourth-order valence-electron chi connectivity index (χ4n) is 4.67. The Bertz CT molecular complexity index is 1710. The first-order chi connectivity index (χ1) is 18.0. The summed E-state index contributed by atoms with van der Waals surface area (Å²) in [7, 11) is -0.618. The topological polar surface area (TPSA) is 80.9 Å². The number of carbonyl (C=O) groups excluding carboxylic acids is 1. The van der Waals surface area contributed by atoms with Crippen molar-refractivity contribution in [3.63, 3.8) is 0 Å². The minimum atomic E-state index is -0.618. The molecule has 8 heteroatoms. The first kappa shape index (κ1) is 22.4. The minimum absolute atomic E-state index is 0.115. The molecule has 2 atom stereocenters. The predicted molar refractivity (Wildman–Crippen MR) is 147 cm³/mol. The lowest BCUT2D eigenvalue weighted by atomic mass is 10.1. The van der Waals surface area contributed by atoms with Gasteiger partial charge in [0.15, 0.2) is 5.06 Å². The average molecular weight is 528 g/mol. The number of thiophene rings is 1. The van der Waals surface area contributed by atoms with Crippen molar-refractivity contribution in [3.05, 3.63) is 87.3 Å². The van der Waals surface area contributed by atoms with Crippen LogP contribution in [0.2, 0.25) is 0 Å². The molecule has 1 saturated carbocycles. The highest BCUT2D eigenvalue weighted by molar-refractivity contribution is 8.17. The average Bonchev–Trinajstić information content (AvgIpc) is 3.56. The number of aliphatic hydroxyl groups is 1. The summed E-state index contributed by atoms with van der Waals surface area (Å²) in [5.41, 5.74) is 2.88. The van der Waals surface area contributed by atoms with Crippen LogP contribution in [0.1, 0.15) is 47.6 Å². The highest BCUT2D eigenvalue weighted by Crippen LogP contribution is 2.69. The lowest BCUT2D eigenvalue weighted by molar-refractivity contribution is 0.121. The van der Waals surface area contributed by atoms with Gasteiger partial charge in [-0.2, -0.15) is 0 Å². The summed E-state index contributed by atoms with van der Waals surface area (Å²) in [6.45, 7) is 1.83. The van der Waals surface area contributed by atoms with E-state index in [1.807, 2.05) is 67.6 Å². The highest BCUT2D eigenvalue weighted by Gasteiger charge is 2.60. The second kappa shape index (κ2) is 8.38. The molecule has 2 aromatic carbocycles. The SMILES string of the molecule is CC(OC(=O)Nc1c(C#Cc2cc3c(s2)OS2=C(O)C4(CC4)C2=C3)oc2ccccc12)c1ccccc1. The minimum Gasteiger partial charge on any atom is -0.445 e. The van der Waals surface area contributed by atoms with Gasteiger partial charge in [-0.25, -0.2) is 4.79 Å². The van der Waals surface area contributed by atoms with Gasteiger partial charge in [0, 0.05) is 15.9 Å². The lowest BCUT2D eigenvalue weighted by Crippen LogP contribution is -2.30. The van der Waals surface area contributed by atoms with E-state index < -0.39 is 23.0 Å². The van der Waals surface area contributed by atoms with Crippen molar-refractivity contribution in [2.45, 2.75) is 25.9 Å². The van der Waals surface area contributed by atoms with Gasteiger partial charge in [-0.1, -0.05) is 53.8 Å². The Labute approximate surface area is 219 Å². The molecule has 6 nitrogen and oxygen atoms in total. The van der Waals surface area contributed by atoms with Gasteiger partial charge in [0.25, 0.3) is 0 Å². The number of hydrogen-bond donors (Lipinski definition) is 2. The van der Waals surface area contributed by atoms with Crippen LogP contribution in [-0.2, 0) is 4.74 Å². The molecule has 184 valence electrons. The normalized spacial score (nSPS) is 18.9. The van der Waals surface area contributed by atoms with E-state index in [9.17, 15) is 9.90 Å².